The second-order valence-corrected chi connectivity index (χ2v) is 7.39. The predicted molar refractivity (Wildman–Crippen MR) is 79.1 cm³/mol. The molecule has 0 amide bonds. The molecule has 0 saturated carbocycles. The van der Waals surface area contributed by atoms with Crippen molar-refractivity contribution in [1.82, 2.24) is 15.5 Å². The lowest BCUT2D eigenvalue weighted by Crippen LogP contribution is -2.39. The van der Waals surface area contributed by atoms with Crippen LogP contribution in [0.1, 0.15) is 38.6 Å². The molecule has 0 bridgehead atoms. The third-order valence-corrected chi connectivity index (χ3v) is 5.29. The zero-order chi connectivity index (χ0) is 13.5. The lowest BCUT2D eigenvalue weighted by atomic mass is 9.77. The second-order valence-electron chi connectivity index (χ2n) is 5.56. The topological polar surface area (TPSA) is 51.0 Å². The van der Waals surface area contributed by atoms with Crippen LogP contribution in [0.15, 0.2) is 20.4 Å². The van der Waals surface area contributed by atoms with Gasteiger partial charge in [0, 0.05) is 9.85 Å². The average Bonchev–Trinajstić information content (AvgIpc) is 2.97. The Hall–Kier alpha value is -0.720. The van der Waals surface area contributed by atoms with E-state index in [9.17, 15) is 0 Å². The van der Waals surface area contributed by atoms with E-state index in [4.69, 9.17) is 4.52 Å². The summed E-state index contributed by atoms with van der Waals surface area (Å²) in [6.07, 6.45) is 2.37. The molecule has 0 spiro atoms. The summed E-state index contributed by atoms with van der Waals surface area (Å²) in [6, 6.07) is 2.16. The zero-order valence-electron chi connectivity index (χ0n) is 10.9. The molecule has 6 heteroatoms. The van der Waals surface area contributed by atoms with Gasteiger partial charge in [-0.25, -0.2) is 0 Å². The van der Waals surface area contributed by atoms with E-state index in [1.165, 1.54) is 12.8 Å². The number of halogens is 1. The van der Waals surface area contributed by atoms with E-state index in [0.717, 1.165) is 15.9 Å². The summed E-state index contributed by atoms with van der Waals surface area (Å²) in [6.45, 7) is 5.50. The van der Waals surface area contributed by atoms with Crippen molar-refractivity contribution < 1.29 is 4.52 Å². The van der Waals surface area contributed by atoms with Gasteiger partial charge < -0.3 is 9.84 Å². The summed E-state index contributed by atoms with van der Waals surface area (Å²) in [7, 11) is 0. The van der Waals surface area contributed by atoms with Gasteiger partial charge in [-0.3, -0.25) is 0 Å². The fourth-order valence-electron chi connectivity index (χ4n) is 2.52. The SMILES string of the molecule is CC1(C)CCCNC1c1nc(-c2cc(Br)cs2)no1. The third kappa shape index (κ3) is 2.61. The fraction of sp³-hybridized carbons (Fsp3) is 0.538. The van der Waals surface area contributed by atoms with Crippen LogP contribution in [0, 0.1) is 5.41 Å². The predicted octanol–water partition coefficient (Wildman–Crippen LogP) is 4.01. The Morgan fingerprint density at radius 1 is 1.53 bits per heavy atom. The molecule has 0 aliphatic carbocycles. The monoisotopic (exact) mass is 341 g/mol. The van der Waals surface area contributed by atoms with Crippen molar-refractivity contribution in [2.75, 3.05) is 6.54 Å². The maximum Gasteiger partial charge on any atom is 0.244 e. The first kappa shape index (κ1) is 13.3. The molecular weight excluding hydrogens is 326 g/mol. The molecule has 1 saturated heterocycles. The van der Waals surface area contributed by atoms with Gasteiger partial charge in [0.25, 0.3) is 0 Å². The number of nitrogens with zero attached hydrogens (tertiary/aromatic N) is 2. The van der Waals surface area contributed by atoms with Crippen molar-refractivity contribution in [3.05, 3.63) is 21.8 Å². The number of rotatable bonds is 2. The van der Waals surface area contributed by atoms with Crippen LogP contribution < -0.4 is 5.32 Å². The Kier molecular flexibility index (Phi) is 3.49. The van der Waals surface area contributed by atoms with E-state index in [1.807, 2.05) is 11.4 Å². The van der Waals surface area contributed by atoms with E-state index in [-0.39, 0.29) is 11.5 Å². The Morgan fingerprint density at radius 3 is 3.05 bits per heavy atom. The van der Waals surface area contributed by atoms with Crippen molar-refractivity contribution in [2.24, 2.45) is 5.41 Å². The highest BCUT2D eigenvalue weighted by atomic mass is 79.9. The number of nitrogens with one attached hydrogen (secondary N) is 1. The van der Waals surface area contributed by atoms with Crippen LogP contribution in [0.3, 0.4) is 0 Å². The van der Waals surface area contributed by atoms with Crippen molar-refractivity contribution in [3.8, 4) is 10.7 Å². The molecule has 0 aromatic carbocycles. The van der Waals surface area contributed by atoms with E-state index in [0.29, 0.717) is 11.7 Å². The molecule has 1 fully saturated rings. The highest BCUT2D eigenvalue weighted by Gasteiger charge is 2.37. The minimum absolute atomic E-state index is 0.144. The van der Waals surface area contributed by atoms with Gasteiger partial charge in [-0.05, 0) is 46.8 Å². The smallest absolute Gasteiger partial charge is 0.244 e. The third-order valence-electron chi connectivity index (χ3n) is 3.60. The molecule has 3 heterocycles. The maximum atomic E-state index is 5.47. The molecule has 1 atom stereocenters. The average molecular weight is 342 g/mol. The molecule has 2 aromatic heterocycles. The molecule has 1 aliphatic rings. The van der Waals surface area contributed by atoms with Crippen molar-refractivity contribution in [3.63, 3.8) is 0 Å². The quantitative estimate of drug-likeness (QED) is 0.896. The molecule has 19 heavy (non-hydrogen) atoms. The first-order valence-corrected chi connectivity index (χ1v) is 8.05. The summed E-state index contributed by atoms with van der Waals surface area (Å²) in [5.74, 6) is 1.37. The molecular formula is C13H16BrN3OS. The number of hydrogen-bond donors (Lipinski definition) is 1. The number of thiophene rings is 1. The van der Waals surface area contributed by atoms with Gasteiger partial charge in [-0.1, -0.05) is 19.0 Å². The van der Waals surface area contributed by atoms with Gasteiger partial charge >= 0.3 is 0 Å². The largest absolute Gasteiger partial charge is 0.337 e. The van der Waals surface area contributed by atoms with Crippen LogP contribution in [-0.2, 0) is 0 Å². The van der Waals surface area contributed by atoms with Crippen molar-refractivity contribution in [1.29, 1.82) is 0 Å². The van der Waals surface area contributed by atoms with Gasteiger partial charge in [0.1, 0.15) is 0 Å². The summed E-state index contributed by atoms with van der Waals surface area (Å²) in [5.41, 5.74) is 0.151. The Balaban J connectivity index is 1.88. The van der Waals surface area contributed by atoms with Crippen LogP contribution in [-0.4, -0.2) is 16.7 Å². The van der Waals surface area contributed by atoms with Crippen LogP contribution in [0.4, 0.5) is 0 Å². The normalized spacial score (nSPS) is 22.6. The van der Waals surface area contributed by atoms with Gasteiger partial charge in [0.05, 0.1) is 10.9 Å². The number of hydrogen-bond acceptors (Lipinski definition) is 5. The number of piperidine rings is 1. The molecule has 0 radical (unpaired) electrons. The van der Waals surface area contributed by atoms with Gasteiger partial charge in [0.2, 0.25) is 11.7 Å². The number of aromatic nitrogens is 2. The Bertz CT molecular complexity index is 578. The van der Waals surface area contributed by atoms with Gasteiger partial charge in [0.15, 0.2) is 0 Å². The van der Waals surface area contributed by atoms with Crippen molar-refractivity contribution in [2.45, 2.75) is 32.7 Å². The Labute approximate surface area is 124 Å². The van der Waals surface area contributed by atoms with Crippen LogP contribution >= 0.6 is 27.3 Å². The van der Waals surface area contributed by atoms with Crippen LogP contribution in [0.25, 0.3) is 10.7 Å². The first-order valence-electron chi connectivity index (χ1n) is 6.38. The fourth-order valence-corrected chi connectivity index (χ4v) is 3.87. The summed E-state index contributed by atoms with van der Waals surface area (Å²) in [4.78, 5) is 5.59. The molecule has 102 valence electrons. The lowest BCUT2D eigenvalue weighted by Gasteiger charge is -2.36. The summed E-state index contributed by atoms with van der Waals surface area (Å²) >= 11 is 5.05. The molecule has 3 rings (SSSR count). The zero-order valence-corrected chi connectivity index (χ0v) is 13.3. The second kappa shape index (κ2) is 5.00. The first-order chi connectivity index (χ1) is 9.06. The van der Waals surface area contributed by atoms with E-state index in [2.05, 4.69) is 45.2 Å². The van der Waals surface area contributed by atoms with Crippen molar-refractivity contribution >= 4 is 27.3 Å². The highest BCUT2D eigenvalue weighted by molar-refractivity contribution is 9.10. The highest BCUT2D eigenvalue weighted by Crippen LogP contribution is 2.40. The molecule has 1 unspecified atom stereocenters. The minimum atomic E-state index is 0.144. The van der Waals surface area contributed by atoms with Crippen LogP contribution in [0.5, 0.6) is 0 Å². The van der Waals surface area contributed by atoms with Gasteiger partial charge in [-0.2, -0.15) is 4.98 Å². The molecule has 1 aliphatic heterocycles. The molecule has 2 aromatic rings. The summed E-state index contributed by atoms with van der Waals surface area (Å²) < 4.78 is 6.52. The van der Waals surface area contributed by atoms with Gasteiger partial charge in [-0.15, -0.1) is 11.3 Å². The van der Waals surface area contributed by atoms with E-state index in [1.54, 1.807) is 11.3 Å². The minimum Gasteiger partial charge on any atom is -0.337 e. The van der Waals surface area contributed by atoms with E-state index < -0.39 is 0 Å². The summed E-state index contributed by atoms with van der Waals surface area (Å²) in [5, 5.41) is 9.62. The standard InChI is InChI=1S/C13H16BrN3OS/c1-13(2)4-3-5-15-10(13)12-16-11(17-18-12)9-6-8(14)7-19-9/h6-7,10,15H,3-5H2,1-2H3. The lowest BCUT2D eigenvalue weighted by molar-refractivity contribution is 0.147. The maximum absolute atomic E-state index is 5.47. The molecule has 4 nitrogen and oxygen atoms in total. The Morgan fingerprint density at radius 2 is 2.37 bits per heavy atom. The molecule has 1 N–H and O–H groups in total. The van der Waals surface area contributed by atoms with Crippen LogP contribution in [0.2, 0.25) is 0 Å². The van der Waals surface area contributed by atoms with E-state index >= 15 is 0 Å².